The van der Waals surface area contributed by atoms with Gasteiger partial charge in [-0.3, -0.25) is 19.2 Å². The van der Waals surface area contributed by atoms with Crippen molar-refractivity contribution in [2.75, 3.05) is 13.1 Å². The molecule has 9 nitrogen and oxygen atoms in total. The number of carbonyl (C=O) groups is 4. The van der Waals surface area contributed by atoms with Gasteiger partial charge in [-0.2, -0.15) is 0 Å². The summed E-state index contributed by atoms with van der Waals surface area (Å²) in [7, 11) is 0. The Morgan fingerprint density at radius 2 is 1.36 bits per heavy atom. The first-order valence-corrected chi connectivity index (χ1v) is 15.2. The van der Waals surface area contributed by atoms with Crippen LogP contribution in [0.2, 0.25) is 0 Å². The molecule has 3 aromatic carbocycles. The van der Waals surface area contributed by atoms with Crippen LogP contribution in [-0.2, 0) is 22.6 Å². The Kier molecular flexibility index (Phi) is 13.1. The third-order valence-electron chi connectivity index (χ3n) is 7.24. The van der Waals surface area contributed by atoms with E-state index in [0.717, 1.165) is 16.7 Å². The topological polar surface area (TPSA) is 128 Å². The van der Waals surface area contributed by atoms with Crippen LogP contribution in [0.15, 0.2) is 78.9 Å². The molecule has 0 aliphatic carbocycles. The molecule has 234 valence electrons. The summed E-state index contributed by atoms with van der Waals surface area (Å²) < 4.78 is 0. The van der Waals surface area contributed by atoms with Gasteiger partial charge in [0.05, 0.1) is 6.04 Å². The molecule has 0 spiro atoms. The molecule has 4 amide bonds. The summed E-state index contributed by atoms with van der Waals surface area (Å²) in [6.07, 6.45) is 0.526. The molecular formula is C35H45N5O4. The smallest absolute Gasteiger partial charge is 0.251 e. The monoisotopic (exact) mass is 599 g/mol. The Balaban J connectivity index is 1.66. The summed E-state index contributed by atoms with van der Waals surface area (Å²) in [5.41, 5.74) is 3.88. The summed E-state index contributed by atoms with van der Waals surface area (Å²) in [6, 6.07) is 22.7. The van der Waals surface area contributed by atoms with Gasteiger partial charge in [0.25, 0.3) is 11.8 Å². The number of carbonyl (C=O) groups excluding carboxylic acids is 4. The molecule has 0 heterocycles. The van der Waals surface area contributed by atoms with Crippen LogP contribution >= 0.6 is 0 Å². The number of aryl methyl sites for hydroxylation is 1. The summed E-state index contributed by atoms with van der Waals surface area (Å²) in [6.45, 7) is 10.5. The normalized spacial score (nSPS) is 13.0. The number of benzene rings is 3. The van der Waals surface area contributed by atoms with Crippen LogP contribution in [0, 0.1) is 12.8 Å². The van der Waals surface area contributed by atoms with Crippen molar-refractivity contribution in [3.8, 4) is 0 Å². The average molecular weight is 600 g/mol. The van der Waals surface area contributed by atoms with Crippen molar-refractivity contribution < 1.29 is 19.2 Å². The van der Waals surface area contributed by atoms with Gasteiger partial charge in [-0.25, -0.2) is 0 Å². The highest BCUT2D eigenvalue weighted by Crippen LogP contribution is 2.10. The molecule has 3 rings (SSSR count). The van der Waals surface area contributed by atoms with Crippen molar-refractivity contribution in [2.24, 2.45) is 5.92 Å². The minimum Gasteiger partial charge on any atom is -0.355 e. The number of hydrogen-bond donors (Lipinski definition) is 5. The van der Waals surface area contributed by atoms with Gasteiger partial charge in [-0.1, -0.05) is 80.1 Å². The molecular weight excluding hydrogens is 554 g/mol. The van der Waals surface area contributed by atoms with Crippen LogP contribution < -0.4 is 26.6 Å². The van der Waals surface area contributed by atoms with Crippen LogP contribution in [0.1, 0.15) is 65.1 Å². The lowest BCUT2D eigenvalue weighted by molar-refractivity contribution is -0.130. The third kappa shape index (κ3) is 10.6. The second kappa shape index (κ2) is 17.0. The predicted octanol–water partition coefficient (Wildman–Crippen LogP) is 3.52. The number of amides is 4. The zero-order chi connectivity index (χ0) is 32.1. The molecule has 0 unspecified atom stereocenters. The maximum atomic E-state index is 13.4. The molecule has 0 radical (unpaired) electrons. The largest absolute Gasteiger partial charge is 0.355 e. The molecule has 5 N–H and O–H groups in total. The molecule has 0 aromatic heterocycles. The van der Waals surface area contributed by atoms with Crippen molar-refractivity contribution in [1.29, 1.82) is 0 Å². The van der Waals surface area contributed by atoms with E-state index in [1.54, 1.807) is 31.2 Å². The molecule has 3 aromatic rings. The number of nitrogens with one attached hydrogen (secondary N) is 5. The first kappa shape index (κ1) is 34.0. The van der Waals surface area contributed by atoms with Gasteiger partial charge in [0, 0.05) is 36.8 Å². The molecule has 0 saturated heterocycles. The maximum Gasteiger partial charge on any atom is 0.251 e. The van der Waals surface area contributed by atoms with Gasteiger partial charge in [0.1, 0.15) is 6.04 Å². The van der Waals surface area contributed by atoms with E-state index in [-0.39, 0.29) is 35.6 Å². The second-order valence-corrected chi connectivity index (χ2v) is 11.4. The predicted molar refractivity (Wildman–Crippen MR) is 173 cm³/mol. The van der Waals surface area contributed by atoms with Gasteiger partial charge < -0.3 is 26.6 Å². The van der Waals surface area contributed by atoms with Crippen molar-refractivity contribution in [2.45, 2.75) is 65.7 Å². The fraction of sp³-hybridized carbons (Fsp3) is 0.371. The van der Waals surface area contributed by atoms with Gasteiger partial charge in [0.15, 0.2) is 0 Å². The Hall–Kier alpha value is -4.50. The zero-order valence-electron chi connectivity index (χ0n) is 26.3. The van der Waals surface area contributed by atoms with Crippen LogP contribution in [-0.4, -0.2) is 54.8 Å². The molecule has 0 aliphatic rings. The van der Waals surface area contributed by atoms with Crippen molar-refractivity contribution in [1.82, 2.24) is 26.6 Å². The quantitative estimate of drug-likeness (QED) is 0.183. The van der Waals surface area contributed by atoms with Crippen LogP contribution in [0.5, 0.6) is 0 Å². The second-order valence-electron chi connectivity index (χ2n) is 11.4. The van der Waals surface area contributed by atoms with Gasteiger partial charge >= 0.3 is 0 Å². The minimum atomic E-state index is -0.646. The Morgan fingerprint density at radius 1 is 0.705 bits per heavy atom. The van der Waals surface area contributed by atoms with E-state index in [1.165, 1.54) is 0 Å². The van der Waals surface area contributed by atoms with Gasteiger partial charge in [0.2, 0.25) is 11.8 Å². The Bertz CT molecular complexity index is 1410. The fourth-order valence-corrected chi connectivity index (χ4v) is 4.76. The standard InChI is InChI=1S/C35H45N5O4/c1-6-36-35(44)31(23(2)3)40-32(41)25(5)37-22-30(19-26-13-8-7-9-14-26)39-34(43)29-17-11-16-28(20-29)33(42)38-21-27-15-10-12-24(4)18-27/h7-18,20,23,25,30-31,37H,6,19,21-22H2,1-5H3,(H,36,44)(H,38,42)(H,39,43)(H,40,41)/t25-,30-,31-/m0/s1. The van der Waals surface area contributed by atoms with Crippen molar-refractivity contribution in [3.63, 3.8) is 0 Å². The molecule has 0 fully saturated rings. The lowest BCUT2D eigenvalue weighted by Gasteiger charge is -2.25. The van der Waals surface area contributed by atoms with E-state index < -0.39 is 12.1 Å². The van der Waals surface area contributed by atoms with Crippen molar-refractivity contribution >= 4 is 23.6 Å². The van der Waals surface area contributed by atoms with Crippen molar-refractivity contribution in [3.05, 3.63) is 107 Å². The highest BCUT2D eigenvalue weighted by atomic mass is 16.2. The lowest BCUT2D eigenvalue weighted by Crippen LogP contribution is -2.55. The van der Waals surface area contributed by atoms with Crippen LogP contribution in [0.3, 0.4) is 0 Å². The number of rotatable bonds is 15. The van der Waals surface area contributed by atoms with E-state index in [0.29, 0.717) is 37.2 Å². The Labute approximate surface area is 260 Å². The first-order valence-electron chi connectivity index (χ1n) is 15.2. The van der Waals surface area contributed by atoms with E-state index in [2.05, 4.69) is 26.6 Å². The van der Waals surface area contributed by atoms with E-state index in [1.807, 2.05) is 82.3 Å². The molecule has 0 bridgehead atoms. The van der Waals surface area contributed by atoms with E-state index >= 15 is 0 Å². The molecule has 0 aliphatic heterocycles. The first-order chi connectivity index (χ1) is 21.1. The van der Waals surface area contributed by atoms with Gasteiger partial charge in [-0.15, -0.1) is 0 Å². The zero-order valence-corrected chi connectivity index (χ0v) is 26.3. The van der Waals surface area contributed by atoms with E-state index in [4.69, 9.17) is 0 Å². The molecule has 9 heteroatoms. The van der Waals surface area contributed by atoms with E-state index in [9.17, 15) is 19.2 Å². The average Bonchev–Trinajstić information content (AvgIpc) is 3.01. The third-order valence-corrected chi connectivity index (χ3v) is 7.24. The number of likely N-dealkylation sites (N-methyl/N-ethyl adjacent to an activating group) is 1. The van der Waals surface area contributed by atoms with Crippen LogP contribution in [0.25, 0.3) is 0 Å². The number of hydrogen-bond acceptors (Lipinski definition) is 5. The highest BCUT2D eigenvalue weighted by molar-refractivity contribution is 5.99. The summed E-state index contributed by atoms with van der Waals surface area (Å²) in [5.74, 6) is -1.19. The summed E-state index contributed by atoms with van der Waals surface area (Å²) in [5, 5.41) is 14.8. The Morgan fingerprint density at radius 3 is 2.02 bits per heavy atom. The molecule has 3 atom stereocenters. The summed E-state index contributed by atoms with van der Waals surface area (Å²) >= 11 is 0. The van der Waals surface area contributed by atoms with Crippen LogP contribution in [0.4, 0.5) is 0 Å². The molecule has 0 saturated carbocycles. The maximum absolute atomic E-state index is 13.4. The molecule has 44 heavy (non-hydrogen) atoms. The fourth-order valence-electron chi connectivity index (χ4n) is 4.76. The van der Waals surface area contributed by atoms with Gasteiger partial charge in [-0.05, 0) is 62.4 Å². The lowest BCUT2D eigenvalue weighted by atomic mass is 10.0. The SMILES string of the molecule is CCNC(=O)[C@@H](NC(=O)[C@H](C)NC[C@H](Cc1ccccc1)NC(=O)c1cccc(C(=O)NCc2cccc(C)c2)c1)C(C)C. The highest BCUT2D eigenvalue weighted by Gasteiger charge is 2.26. The summed E-state index contributed by atoms with van der Waals surface area (Å²) in [4.78, 5) is 51.6. The minimum absolute atomic E-state index is 0.0804.